The maximum atomic E-state index is 13.4. The zero-order chi connectivity index (χ0) is 27.6. The van der Waals surface area contributed by atoms with Crippen molar-refractivity contribution in [3.8, 4) is 28.5 Å². The number of aromatic nitrogens is 1. The molecule has 8 nitrogen and oxygen atoms in total. The lowest BCUT2D eigenvalue weighted by molar-refractivity contribution is 0.0529. The van der Waals surface area contributed by atoms with E-state index in [2.05, 4.69) is 4.99 Å². The van der Waals surface area contributed by atoms with Gasteiger partial charge in [-0.2, -0.15) is 0 Å². The van der Waals surface area contributed by atoms with Crippen LogP contribution in [0, 0.1) is 0 Å². The molecular weight excluding hydrogens is 528 g/mol. The lowest BCUT2D eigenvalue weighted by Crippen LogP contribution is -2.22. The summed E-state index contributed by atoms with van der Waals surface area (Å²) in [4.78, 5) is 31.1. The van der Waals surface area contributed by atoms with E-state index in [1.807, 2.05) is 41.8 Å². The van der Waals surface area contributed by atoms with Gasteiger partial charge in [-0.05, 0) is 36.2 Å². The van der Waals surface area contributed by atoms with E-state index < -0.39 is 5.97 Å². The molecule has 6 rings (SSSR count). The van der Waals surface area contributed by atoms with Gasteiger partial charge in [-0.25, -0.2) is 9.79 Å². The molecule has 0 atom stereocenters. The molecule has 0 spiro atoms. The predicted octanol–water partition coefficient (Wildman–Crippen LogP) is 6.14. The Kier molecular flexibility index (Phi) is 6.79. The second-order valence-electron chi connectivity index (χ2n) is 9.04. The van der Waals surface area contributed by atoms with Crippen LogP contribution in [0.2, 0.25) is 0 Å². The Labute approximate surface area is 233 Å². The summed E-state index contributed by atoms with van der Waals surface area (Å²) in [6.45, 7) is 2.23. The molecule has 1 aliphatic heterocycles. The largest absolute Gasteiger partial charge is 0.494 e. The minimum Gasteiger partial charge on any atom is -0.494 e. The first-order chi connectivity index (χ1) is 19.5. The molecule has 3 heterocycles. The van der Waals surface area contributed by atoms with E-state index in [1.54, 1.807) is 43.3 Å². The minimum atomic E-state index is -0.475. The van der Waals surface area contributed by atoms with Gasteiger partial charge in [0.2, 0.25) is 12.7 Å². The lowest BCUT2D eigenvalue weighted by Gasteiger charge is -2.14. The molecule has 0 amide bonds. The molecular formula is C31H24N2O6S. The first-order valence-electron chi connectivity index (χ1n) is 12.7. The summed E-state index contributed by atoms with van der Waals surface area (Å²) in [7, 11) is 0. The number of carbonyl (C=O) groups excluding carboxylic acids is 1. The smallest absolute Gasteiger partial charge is 0.341 e. The van der Waals surface area contributed by atoms with Gasteiger partial charge in [0.25, 0.3) is 5.56 Å². The summed E-state index contributed by atoms with van der Waals surface area (Å²) < 4.78 is 17.5. The molecule has 5 aromatic rings. The number of pyridine rings is 1. The first kappa shape index (κ1) is 25.4. The maximum absolute atomic E-state index is 13.4. The fourth-order valence-electron chi connectivity index (χ4n) is 4.70. The second kappa shape index (κ2) is 10.7. The first-order valence-corrected chi connectivity index (χ1v) is 13.5. The van der Waals surface area contributed by atoms with Crippen LogP contribution < -0.4 is 15.0 Å². The Morgan fingerprint density at radius 2 is 1.80 bits per heavy atom. The average molecular weight is 553 g/mol. The summed E-state index contributed by atoms with van der Waals surface area (Å²) in [5.74, 6) is 0.514. The van der Waals surface area contributed by atoms with Crippen molar-refractivity contribution in [1.82, 2.24) is 4.57 Å². The summed E-state index contributed by atoms with van der Waals surface area (Å²) in [5, 5.41) is 14.7. The van der Waals surface area contributed by atoms with Crippen LogP contribution >= 0.6 is 11.3 Å². The monoisotopic (exact) mass is 552 g/mol. The Morgan fingerprint density at radius 3 is 2.60 bits per heavy atom. The molecule has 0 unspecified atom stereocenters. The third kappa shape index (κ3) is 4.60. The number of thiophene rings is 1. The molecule has 0 bridgehead atoms. The molecule has 1 N–H and O–H groups in total. The number of hydrogen-bond acceptors (Lipinski definition) is 8. The zero-order valence-electron chi connectivity index (χ0n) is 21.5. The van der Waals surface area contributed by atoms with Gasteiger partial charge < -0.3 is 19.3 Å². The van der Waals surface area contributed by atoms with Gasteiger partial charge in [-0.15, -0.1) is 11.3 Å². The molecule has 2 aromatic heterocycles. The molecule has 0 radical (unpaired) electrons. The van der Waals surface area contributed by atoms with Crippen LogP contribution in [0.3, 0.4) is 0 Å². The van der Waals surface area contributed by atoms with Crippen molar-refractivity contribution >= 4 is 39.3 Å². The van der Waals surface area contributed by atoms with E-state index in [4.69, 9.17) is 14.2 Å². The molecule has 0 saturated heterocycles. The number of ether oxygens (including phenoxy) is 3. The minimum absolute atomic E-state index is 0.109. The number of fused-ring (bicyclic) bond motifs is 2. The molecule has 0 fully saturated rings. The fourth-order valence-corrected chi connectivity index (χ4v) is 5.61. The molecule has 9 heteroatoms. The van der Waals surface area contributed by atoms with Gasteiger partial charge in [0.05, 0.1) is 18.7 Å². The third-order valence-corrected chi connectivity index (χ3v) is 7.50. The van der Waals surface area contributed by atoms with Gasteiger partial charge in [-0.1, -0.05) is 54.6 Å². The zero-order valence-corrected chi connectivity index (χ0v) is 22.3. The van der Waals surface area contributed by atoms with E-state index in [-0.39, 0.29) is 31.4 Å². The number of rotatable bonds is 7. The molecule has 0 aliphatic carbocycles. The number of nitrogens with zero attached hydrogens (tertiary/aromatic N) is 2. The molecule has 40 heavy (non-hydrogen) atoms. The van der Waals surface area contributed by atoms with Gasteiger partial charge >= 0.3 is 5.97 Å². The molecule has 3 aromatic carbocycles. The summed E-state index contributed by atoms with van der Waals surface area (Å²) >= 11 is 1.30. The van der Waals surface area contributed by atoms with E-state index >= 15 is 0 Å². The Morgan fingerprint density at radius 1 is 1.05 bits per heavy atom. The summed E-state index contributed by atoms with van der Waals surface area (Å²) in [5.41, 5.74) is 2.73. The van der Waals surface area contributed by atoms with E-state index in [9.17, 15) is 14.7 Å². The number of aliphatic imine (C=N–C) groups is 1. The van der Waals surface area contributed by atoms with Crippen LogP contribution in [-0.4, -0.2) is 35.3 Å². The number of carbonyl (C=O) groups is 1. The van der Waals surface area contributed by atoms with E-state index in [1.165, 1.54) is 22.1 Å². The lowest BCUT2D eigenvalue weighted by atomic mass is 10.0. The highest BCUT2D eigenvalue weighted by molar-refractivity contribution is 7.14. The normalized spacial score (nSPS) is 12.3. The van der Waals surface area contributed by atoms with Crippen molar-refractivity contribution in [2.45, 2.75) is 13.5 Å². The van der Waals surface area contributed by atoms with Crippen LogP contribution in [0.15, 0.2) is 88.0 Å². The summed E-state index contributed by atoms with van der Waals surface area (Å²) in [6.07, 6.45) is 1.50. The van der Waals surface area contributed by atoms with E-state index in [0.717, 1.165) is 16.7 Å². The fraction of sp³-hybridized carbons (Fsp3) is 0.129. The van der Waals surface area contributed by atoms with Gasteiger partial charge in [0.15, 0.2) is 11.5 Å². The van der Waals surface area contributed by atoms with Crippen LogP contribution in [-0.2, 0) is 11.3 Å². The van der Waals surface area contributed by atoms with Crippen molar-refractivity contribution in [3.05, 3.63) is 105 Å². The SMILES string of the molecule is CCOC(=O)c1c(-c2ccccc2)csc1N=Cc1c(O)n(Cc2ccc3c(c2)OCO3)c(=O)c2ccccc12. The topological polar surface area (TPSA) is 99.3 Å². The van der Waals surface area contributed by atoms with Gasteiger partial charge in [-0.3, -0.25) is 9.36 Å². The van der Waals surface area contributed by atoms with E-state index in [0.29, 0.717) is 38.4 Å². The number of benzene rings is 3. The van der Waals surface area contributed by atoms with Crippen molar-refractivity contribution in [2.75, 3.05) is 13.4 Å². The summed E-state index contributed by atoms with van der Waals surface area (Å²) in [6, 6.07) is 22.0. The third-order valence-electron chi connectivity index (χ3n) is 6.61. The number of aromatic hydroxyl groups is 1. The van der Waals surface area contributed by atoms with Crippen molar-refractivity contribution in [1.29, 1.82) is 0 Å². The quantitative estimate of drug-likeness (QED) is 0.192. The highest BCUT2D eigenvalue weighted by Gasteiger charge is 2.22. The van der Waals surface area contributed by atoms with Crippen molar-refractivity contribution in [3.63, 3.8) is 0 Å². The number of esters is 1. The second-order valence-corrected chi connectivity index (χ2v) is 9.89. The molecule has 200 valence electrons. The Hall–Kier alpha value is -4.89. The highest BCUT2D eigenvalue weighted by atomic mass is 32.1. The van der Waals surface area contributed by atoms with Gasteiger partial charge in [0.1, 0.15) is 10.6 Å². The van der Waals surface area contributed by atoms with Crippen LogP contribution in [0.1, 0.15) is 28.4 Å². The standard InChI is InChI=1S/C31H24N2O6S/c1-2-37-31(36)27-24(20-8-4-3-5-9-20)17-40-28(27)32-15-23-21-10-6-7-11-22(21)29(34)33(30(23)35)16-19-12-13-25-26(14-19)39-18-38-25/h3-15,17,35H,2,16,18H2,1H3. The van der Waals surface area contributed by atoms with Crippen LogP contribution in [0.4, 0.5) is 5.00 Å². The van der Waals surface area contributed by atoms with Gasteiger partial charge in [0, 0.05) is 27.9 Å². The number of hydrogen-bond donors (Lipinski definition) is 1. The molecule has 0 saturated carbocycles. The predicted molar refractivity (Wildman–Crippen MR) is 155 cm³/mol. The Balaban J connectivity index is 1.45. The van der Waals surface area contributed by atoms with Crippen LogP contribution in [0.5, 0.6) is 17.4 Å². The maximum Gasteiger partial charge on any atom is 0.341 e. The van der Waals surface area contributed by atoms with Crippen molar-refractivity contribution in [2.24, 2.45) is 4.99 Å². The Bertz CT molecular complexity index is 1820. The highest BCUT2D eigenvalue weighted by Crippen LogP contribution is 2.38. The average Bonchev–Trinajstić information content (AvgIpc) is 3.63. The van der Waals surface area contributed by atoms with Crippen LogP contribution in [0.25, 0.3) is 21.9 Å². The van der Waals surface area contributed by atoms with Crippen molar-refractivity contribution < 1.29 is 24.1 Å². The molecule has 1 aliphatic rings.